The second kappa shape index (κ2) is 8.77. The summed E-state index contributed by atoms with van der Waals surface area (Å²) < 4.78 is 39.3. The summed E-state index contributed by atoms with van der Waals surface area (Å²) in [6.07, 6.45) is -2.66. The van der Waals surface area contributed by atoms with E-state index in [0.717, 1.165) is 23.3 Å². The number of rotatable bonds is 6. The molecular weight excluding hydrogens is 381 g/mol. The molecule has 0 saturated carbocycles. The average Bonchev–Trinajstić information content (AvgIpc) is 2.69. The van der Waals surface area contributed by atoms with E-state index in [9.17, 15) is 22.8 Å². The van der Waals surface area contributed by atoms with Gasteiger partial charge in [-0.05, 0) is 34.9 Å². The largest absolute Gasteiger partial charge is 0.416 e. The number of halogens is 3. The van der Waals surface area contributed by atoms with Crippen LogP contribution in [0, 0.1) is 0 Å². The van der Waals surface area contributed by atoms with Gasteiger partial charge in [-0.15, -0.1) is 0 Å². The zero-order valence-corrected chi connectivity index (χ0v) is 15.4. The molecule has 4 nitrogen and oxygen atoms in total. The van der Waals surface area contributed by atoms with E-state index >= 15 is 0 Å². The number of alkyl halides is 3. The SMILES string of the molecule is O=C(Cc1ccc(C(F)(F)F)cc1)NCc1ccc(Cn2ccccc2=O)cc1. The highest BCUT2D eigenvalue weighted by atomic mass is 19.4. The Kier molecular flexibility index (Phi) is 6.16. The predicted octanol–water partition coefficient (Wildman–Crippen LogP) is 3.77. The van der Waals surface area contributed by atoms with Crippen molar-refractivity contribution >= 4 is 5.91 Å². The third kappa shape index (κ3) is 5.81. The van der Waals surface area contributed by atoms with Crippen LogP contribution in [-0.4, -0.2) is 10.5 Å². The van der Waals surface area contributed by atoms with Crippen molar-refractivity contribution in [3.8, 4) is 0 Å². The second-order valence-electron chi connectivity index (χ2n) is 6.63. The minimum Gasteiger partial charge on any atom is -0.352 e. The maximum atomic E-state index is 12.6. The predicted molar refractivity (Wildman–Crippen MR) is 103 cm³/mol. The highest BCUT2D eigenvalue weighted by Gasteiger charge is 2.29. The van der Waals surface area contributed by atoms with Crippen molar-refractivity contribution in [1.29, 1.82) is 0 Å². The minimum atomic E-state index is -4.39. The van der Waals surface area contributed by atoms with Crippen LogP contribution in [0.5, 0.6) is 0 Å². The Hall–Kier alpha value is -3.35. The summed E-state index contributed by atoms with van der Waals surface area (Å²) in [5.74, 6) is -0.273. The average molecular weight is 400 g/mol. The number of carbonyl (C=O) groups excluding carboxylic acids is 1. The first kappa shape index (κ1) is 20.4. The summed E-state index contributed by atoms with van der Waals surface area (Å²) in [4.78, 5) is 23.8. The summed E-state index contributed by atoms with van der Waals surface area (Å²) >= 11 is 0. The Balaban J connectivity index is 1.51. The zero-order chi connectivity index (χ0) is 20.9. The van der Waals surface area contributed by atoms with Crippen LogP contribution in [0.3, 0.4) is 0 Å². The Morgan fingerprint density at radius 1 is 0.862 bits per heavy atom. The third-order valence-corrected chi connectivity index (χ3v) is 4.41. The number of aromatic nitrogens is 1. The van der Waals surface area contributed by atoms with Crippen molar-refractivity contribution < 1.29 is 18.0 Å². The van der Waals surface area contributed by atoms with E-state index in [1.165, 1.54) is 18.2 Å². The number of hydrogen-bond acceptors (Lipinski definition) is 2. The Morgan fingerprint density at radius 2 is 1.48 bits per heavy atom. The van der Waals surface area contributed by atoms with Gasteiger partial charge in [0.1, 0.15) is 0 Å². The molecule has 29 heavy (non-hydrogen) atoms. The number of hydrogen-bond donors (Lipinski definition) is 1. The summed E-state index contributed by atoms with van der Waals surface area (Å²) in [5, 5.41) is 2.75. The first-order valence-electron chi connectivity index (χ1n) is 8.97. The Bertz CT molecular complexity index is 1020. The summed E-state index contributed by atoms with van der Waals surface area (Å²) in [6, 6.07) is 17.0. The molecule has 0 aliphatic heterocycles. The summed E-state index contributed by atoms with van der Waals surface area (Å²) in [5.41, 5.74) is 1.54. The van der Waals surface area contributed by atoms with Crippen LogP contribution >= 0.6 is 0 Å². The van der Waals surface area contributed by atoms with Gasteiger partial charge in [0, 0.05) is 18.8 Å². The van der Waals surface area contributed by atoms with Gasteiger partial charge in [-0.1, -0.05) is 42.5 Å². The van der Waals surface area contributed by atoms with Crippen LogP contribution in [0.15, 0.2) is 77.7 Å². The standard InChI is InChI=1S/C22H19F3N2O2/c23-22(24,25)19-10-8-16(9-11-19)13-20(28)26-14-17-4-6-18(7-5-17)15-27-12-2-1-3-21(27)29/h1-12H,13-15H2,(H,26,28). The molecule has 3 aromatic rings. The number of nitrogens with one attached hydrogen (secondary N) is 1. The first-order chi connectivity index (χ1) is 13.8. The molecule has 150 valence electrons. The van der Waals surface area contributed by atoms with Gasteiger partial charge in [0.15, 0.2) is 0 Å². The fourth-order valence-corrected chi connectivity index (χ4v) is 2.81. The van der Waals surface area contributed by atoms with E-state index in [1.807, 2.05) is 24.3 Å². The monoisotopic (exact) mass is 400 g/mol. The van der Waals surface area contributed by atoms with Crippen LogP contribution < -0.4 is 10.9 Å². The lowest BCUT2D eigenvalue weighted by Gasteiger charge is -2.09. The van der Waals surface area contributed by atoms with E-state index in [-0.39, 0.29) is 17.9 Å². The molecule has 1 aromatic heterocycles. The van der Waals surface area contributed by atoms with Gasteiger partial charge in [-0.3, -0.25) is 9.59 Å². The van der Waals surface area contributed by atoms with E-state index in [4.69, 9.17) is 0 Å². The highest BCUT2D eigenvalue weighted by Crippen LogP contribution is 2.29. The number of carbonyl (C=O) groups is 1. The molecule has 1 amide bonds. The molecule has 0 bridgehead atoms. The molecule has 0 spiro atoms. The molecule has 3 rings (SSSR count). The zero-order valence-electron chi connectivity index (χ0n) is 15.4. The van der Waals surface area contributed by atoms with Crippen LogP contribution in [0.1, 0.15) is 22.3 Å². The summed E-state index contributed by atoms with van der Waals surface area (Å²) in [6.45, 7) is 0.769. The topological polar surface area (TPSA) is 51.1 Å². The van der Waals surface area contributed by atoms with Crippen LogP contribution in [-0.2, 0) is 30.5 Å². The molecule has 1 heterocycles. The van der Waals surface area contributed by atoms with Crippen molar-refractivity contribution in [2.24, 2.45) is 0 Å². The molecule has 0 radical (unpaired) electrons. The van der Waals surface area contributed by atoms with Gasteiger partial charge in [0.25, 0.3) is 5.56 Å². The smallest absolute Gasteiger partial charge is 0.352 e. The lowest BCUT2D eigenvalue weighted by Crippen LogP contribution is -2.24. The van der Waals surface area contributed by atoms with Gasteiger partial charge < -0.3 is 9.88 Å². The first-order valence-corrected chi connectivity index (χ1v) is 8.97. The minimum absolute atomic E-state index is 0.00709. The lowest BCUT2D eigenvalue weighted by atomic mass is 10.1. The van der Waals surface area contributed by atoms with Gasteiger partial charge in [-0.25, -0.2) is 0 Å². The molecule has 0 aliphatic carbocycles. The van der Waals surface area contributed by atoms with Crippen molar-refractivity contribution in [1.82, 2.24) is 9.88 Å². The maximum absolute atomic E-state index is 12.6. The van der Waals surface area contributed by atoms with E-state index in [1.54, 1.807) is 22.9 Å². The molecular formula is C22H19F3N2O2. The molecule has 0 fully saturated rings. The number of pyridine rings is 1. The van der Waals surface area contributed by atoms with E-state index in [2.05, 4.69) is 5.32 Å². The highest BCUT2D eigenvalue weighted by molar-refractivity contribution is 5.78. The van der Waals surface area contributed by atoms with Crippen LogP contribution in [0.2, 0.25) is 0 Å². The Morgan fingerprint density at radius 3 is 2.10 bits per heavy atom. The van der Waals surface area contributed by atoms with Crippen molar-refractivity contribution in [3.05, 3.63) is 106 Å². The molecule has 1 N–H and O–H groups in total. The molecule has 0 atom stereocenters. The van der Waals surface area contributed by atoms with Crippen molar-refractivity contribution in [2.75, 3.05) is 0 Å². The van der Waals surface area contributed by atoms with E-state index < -0.39 is 11.7 Å². The molecule has 7 heteroatoms. The molecule has 0 unspecified atom stereocenters. The van der Waals surface area contributed by atoms with Crippen molar-refractivity contribution in [2.45, 2.75) is 25.7 Å². The number of nitrogens with zero attached hydrogens (tertiary/aromatic N) is 1. The maximum Gasteiger partial charge on any atom is 0.416 e. The van der Waals surface area contributed by atoms with Gasteiger partial charge >= 0.3 is 6.18 Å². The fourth-order valence-electron chi connectivity index (χ4n) is 2.81. The number of benzene rings is 2. The van der Waals surface area contributed by atoms with Crippen molar-refractivity contribution in [3.63, 3.8) is 0 Å². The fraction of sp³-hybridized carbons (Fsp3) is 0.182. The molecule has 2 aromatic carbocycles. The van der Waals surface area contributed by atoms with Crippen LogP contribution in [0.25, 0.3) is 0 Å². The summed E-state index contributed by atoms with van der Waals surface area (Å²) in [7, 11) is 0. The van der Waals surface area contributed by atoms with E-state index in [0.29, 0.717) is 18.7 Å². The normalized spacial score (nSPS) is 11.3. The van der Waals surface area contributed by atoms with Gasteiger partial charge in [0.05, 0.1) is 18.5 Å². The third-order valence-electron chi connectivity index (χ3n) is 4.41. The Labute approximate surface area is 165 Å². The van der Waals surface area contributed by atoms with Gasteiger partial charge in [0.2, 0.25) is 5.91 Å². The molecule has 0 aliphatic rings. The lowest BCUT2D eigenvalue weighted by molar-refractivity contribution is -0.137. The quantitative estimate of drug-likeness (QED) is 0.685. The second-order valence-corrected chi connectivity index (χ2v) is 6.63. The molecule has 0 saturated heterocycles. The van der Waals surface area contributed by atoms with Gasteiger partial charge in [-0.2, -0.15) is 13.2 Å². The number of amides is 1. The van der Waals surface area contributed by atoms with Crippen LogP contribution in [0.4, 0.5) is 13.2 Å².